The summed E-state index contributed by atoms with van der Waals surface area (Å²) in [6.45, 7) is 1.67. The number of nitrogens with one attached hydrogen (secondary N) is 2. The Labute approximate surface area is 142 Å². The number of rotatable bonds is 2. The van der Waals surface area contributed by atoms with Crippen molar-refractivity contribution in [3.05, 3.63) is 47.4 Å². The molecule has 8 heteroatoms. The molecule has 0 aliphatic carbocycles. The van der Waals surface area contributed by atoms with Crippen LogP contribution in [0.4, 0.5) is 5.82 Å². The van der Waals surface area contributed by atoms with E-state index in [-0.39, 0.29) is 11.7 Å². The summed E-state index contributed by atoms with van der Waals surface area (Å²) in [4.78, 5) is 33.5. The van der Waals surface area contributed by atoms with Crippen molar-refractivity contribution >= 4 is 28.0 Å². The van der Waals surface area contributed by atoms with Crippen LogP contribution >= 0.6 is 0 Å². The van der Waals surface area contributed by atoms with Crippen molar-refractivity contribution in [2.45, 2.75) is 18.9 Å². The third kappa shape index (κ3) is 2.21. The fourth-order valence-electron chi connectivity index (χ4n) is 3.76. The fraction of sp³-hybridized carbons (Fsp3) is 0.294. The quantitative estimate of drug-likeness (QED) is 0.583. The van der Waals surface area contributed by atoms with E-state index in [1.807, 2.05) is 28.8 Å². The normalized spacial score (nSPS) is 16.1. The number of aromatic amines is 2. The zero-order valence-corrected chi connectivity index (χ0v) is 13.5. The van der Waals surface area contributed by atoms with Gasteiger partial charge in [-0.25, -0.2) is 19.7 Å². The van der Waals surface area contributed by atoms with Gasteiger partial charge in [0.1, 0.15) is 11.8 Å². The summed E-state index contributed by atoms with van der Waals surface area (Å²) in [5, 5.41) is 0. The molecule has 0 atom stereocenters. The van der Waals surface area contributed by atoms with Crippen molar-refractivity contribution < 1.29 is 0 Å². The number of benzene rings is 1. The summed E-state index contributed by atoms with van der Waals surface area (Å²) in [6.07, 6.45) is 4.97. The third-order valence-corrected chi connectivity index (χ3v) is 4.96. The van der Waals surface area contributed by atoms with E-state index >= 15 is 0 Å². The van der Waals surface area contributed by atoms with Crippen molar-refractivity contribution in [1.29, 1.82) is 0 Å². The molecular formula is C17H17N7O. The zero-order valence-electron chi connectivity index (χ0n) is 13.5. The number of para-hydroxylation sites is 2. The molecule has 126 valence electrons. The van der Waals surface area contributed by atoms with E-state index in [1.54, 1.807) is 12.7 Å². The van der Waals surface area contributed by atoms with Crippen LogP contribution in [0.3, 0.4) is 0 Å². The zero-order chi connectivity index (χ0) is 16.8. The molecule has 4 heterocycles. The number of anilines is 1. The molecule has 1 saturated heterocycles. The van der Waals surface area contributed by atoms with Crippen LogP contribution in [0.25, 0.3) is 22.2 Å². The second-order valence-electron chi connectivity index (χ2n) is 6.33. The van der Waals surface area contributed by atoms with Crippen LogP contribution in [0.15, 0.2) is 41.7 Å². The number of hydrogen-bond acceptors (Lipinski definition) is 5. The largest absolute Gasteiger partial charge is 0.355 e. The topological polar surface area (TPSA) is 95.5 Å². The van der Waals surface area contributed by atoms with E-state index in [1.165, 1.54) is 0 Å². The molecule has 0 radical (unpaired) electrons. The molecule has 3 aromatic heterocycles. The Bertz CT molecular complexity index is 1100. The molecule has 8 nitrogen and oxygen atoms in total. The van der Waals surface area contributed by atoms with Crippen molar-refractivity contribution in [1.82, 2.24) is 29.5 Å². The van der Waals surface area contributed by atoms with Gasteiger partial charge in [0.2, 0.25) is 0 Å². The maximum absolute atomic E-state index is 12.4. The second-order valence-corrected chi connectivity index (χ2v) is 6.33. The fourth-order valence-corrected chi connectivity index (χ4v) is 3.76. The van der Waals surface area contributed by atoms with E-state index in [2.05, 4.69) is 29.8 Å². The van der Waals surface area contributed by atoms with Gasteiger partial charge in [-0.1, -0.05) is 12.1 Å². The Balaban J connectivity index is 1.44. The van der Waals surface area contributed by atoms with E-state index in [9.17, 15) is 4.79 Å². The first-order valence-electron chi connectivity index (χ1n) is 8.39. The second kappa shape index (κ2) is 5.44. The van der Waals surface area contributed by atoms with Gasteiger partial charge < -0.3 is 14.9 Å². The smallest absolute Gasteiger partial charge is 0.326 e. The minimum absolute atomic E-state index is 0.0300. The van der Waals surface area contributed by atoms with Crippen molar-refractivity contribution in [2.24, 2.45) is 0 Å². The number of fused-ring (bicyclic) bond motifs is 2. The van der Waals surface area contributed by atoms with Gasteiger partial charge in [-0.2, -0.15) is 0 Å². The minimum atomic E-state index is -0.0300. The Morgan fingerprint density at radius 1 is 1.08 bits per heavy atom. The van der Waals surface area contributed by atoms with Gasteiger partial charge in [-0.3, -0.25) is 4.57 Å². The standard InChI is InChI=1S/C17H17N7O/c25-17-22-12-3-1-2-4-13(12)24(17)11-5-7-23(8-6-11)16-14-15(19-9-18-14)20-10-21-16/h1-4,9-11H,5-8H2,(H,22,25)(H,18,19,20,21). The molecular weight excluding hydrogens is 318 g/mol. The molecule has 1 fully saturated rings. The molecule has 1 aromatic carbocycles. The van der Waals surface area contributed by atoms with E-state index in [4.69, 9.17) is 0 Å². The summed E-state index contributed by atoms with van der Waals surface area (Å²) in [5.41, 5.74) is 3.39. The van der Waals surface area contributed by atoms with Crippen molar-refractivity contribution in [3.8, 4) is 0 Å². The van der Waals surface area contributed by atoms with E-state index in [0.29, 0.717) is 5.65 Å². The lowest BCUT2D eigenvalue weighted by Gasteiger charge is -2.33. The van der Waals surface area contributed by atoms with E-state index in [0.717, 1.165) is 48.3 Å². The molecule has 5 rings (SSSR count). The highest BCUT2D eigenvalue weighted by Gasteiger charge is 2.25. The average Bonchev–Trinajstić information content (AvgIpc) is 3.25. The lowest BCUT2D eigenvalue weighted by Crippen LogP contribution is -2.37. The number of piperidine rings is 1. The van der Waals surface area contributed by atoms with Gasteiger partial charge in [0, 0.05) is 19.1 Å². The van der Waals surface area contributed by atoms with Crippen LogP contribution in [0.1, 0.15) is 18.9 Å². The van der Waals surface area contributed by atoms with Crippen LogP contribution in [-0.4, -0.2) is 42.6 Å². The molecule has 0 unspecified atom stereocenters. The van der Waals surface area contributed by atoms with Crippen molar-refractivity contribution in [3.63, 3.8) is 0 Å². The Morgan fingerprint density at radius 2 is 1.92 bits per heavy atom. The van der Waals surface area contributed by atoms with Gasteiger partial charge in [0.15, 0.2) is 11.5 Å². The molecule has 1 aliphatic heterocycles. The molecule has 1 aliphatic rings. The number of hydrogen-bond donors (Lipinski definition) is 2. The monoisotopic (exact) mass is 335 g/mol. The Hall–Kier alpha value is -3.16. The van der Waals surface area contributed by atoms with Gasteiger partial charge in [-0.15, -0.1) is 0 Å². The van der Waals surface area contributed by atoms with Gasteiger partial charge in [0.05, 0.1) is 17.4 Å². The molecule has 2 N–H and O–H groups in total. The Morgan fingerprint density at radius 3 is 2.80 bits per heavy atom. The number of imidazole rings is 2. The average molecular weight is 335 g/mol. The molecule has 0 saturated carbocycles. The molecule has 0 amide bonds. The number of nitrogens with zero attached hydrogens (tertiary/aromatic N) is 5. The van der Waals surface area contributed by atoms with Gasteiger partial charge in [0.25, 0.3) is 0 Å². The first-order valence-corrected chi connectivity index (χ1v) is 8.39. The molecule has 0 spiro atoms. The summed E-state index contributed by atoms with van der Waals surface area (Å²) < 4.78 is 1.90. The van der Waals surface area contributed by atoms with Gasteiger partial charge >= 0.3 is 5.69 Å². The number of aromatic nitrogens is 6. The van der Waals surface area contributed by atoms with Gasteiger partial charge in [-0.05, 0) is 25.0 Å². The molecule has 4 aromatic rings. The van der Waals surface area contributed by atoms with Crippen molar-refractivity contribution in [2.75, 3.05) is 18.0 Å². The van der Waals surface area contributed by atoms with Crippen LogP contribution in [-0.2, 0) is 0 Å². The summed E-state index contributed by atoms with van der Waals surface area (Å²) in [6, 6.07) is 8.04. The number of H-pyrrole nitrogens is 2. The summed E-state index contributed by atoms with van der Waals surface area (Å²) in [5.74, 6) is 0.882. The summed E-state index contributed by atoms with van der Waals surface area (Å²) in [7, 11) is 0. The lowest BCUT2D eigenvalue weighted by molar-refractivity contribution is 0.395. The van der Waals surface area contributed by atoms with E-state index < -0.39 is 0 Å². The minimum Gasteiger partial charge on any atom is -0.355 e. The SMILES string of the molecule is O=c1[nH]c2ccccc2n1C1CCN(c2ncnc3nc[nH]c23)CC1. The van der Waals surface area contributed by atoms with Crippen LogP contribution in [0.2, 0.25) is 0 Å². The first-order chi connectivity index (χ1) is 12.3. The highest BCUT2D eigenvalue weighted by Crippen LogP contribution is 2.29. The first kappa shape index (κ1) is 14.2. The maximum Gasteiger partial charge on any atom is 0.326 e. The molecule has 0 bridgehead atoms. The van der Waals surface area contributed by atoms with Crippen LogP contribution in [0.5, 0.6) is 0 Å². The highest BCUT2D eigenvalue weighted by molar-refractivity contribution is 5.82. The predicted octanol–water partition coefficient (Wildman–Crippen LogP) is 1.84. The molecule has 25 heavy (non-hydrogen) atoms. The highest BCUT2D eigenvalue weighted by atomic mass is 16.1. The lowest BCUT2D eigenvalue weighted by atomic mass is 10.0. The van der Waals surface area contributed by atoms with Crippen LogP contribution < -0.4 is 10.6 Å². The van der Waals surface area contributed by atoms with Crippen LogP contribution in [0, 0.1) is 0 Å². The maximum atomic E-state index is 12.4. The predicted molar refractivity (Wildman–Crippen MR) is 94.7 cm³/mol. The summed E-state index contributed by atoms with van der Waals surface area (Å²) >= 11 is 0. The third-order valence-electron chi connectivity index (χ3n) is 4.96. The Kier molecular flexibility index (Phi) is 3.09.